The van der Waals surface area contributed by atoms with Gasteiger partial charge in [-0.3, -0.25) is 10.00 Å². The number of hydrogen-bond donors (Lipinski definition) is 1. The third-order valence-corrected chi connectivity index (χ3v) is 4.68. The van der Waals surface area contributed by atoms with Crippen LogP contribution >= 0.6 is 0 Å². The molecule has 0 bridgehead atoms. The first-order valence-electron chi connectivity index (χ1n) is 8.53. The Kier molecular flexibility index (Phi) is 4.42. The van der Waals surface area contributed by atoms with Crippen LogP contribution in [0.5, 0.6) is 0 Å². The van der Waals surface area contributed by atoms with Crippen LogP contribution in [-0.4, -0.2) is 39.4 Å². The van der Waals surface area contributed by atoms with Crippen LogP contribution in [0.3, 0.4) is 0 Å². The lowest BCUT2D eigenvalue weighted by Gasteiger charge is -2.15. The number of rotatable bonds is 6. The van der Waals surface area contributed by atoms with Gasteiger partial charge in [0, 0.05) is 24.8 Å². The summed E-state index contributed by atoms with van der Waals surface area (Å²) in [6.07, 6.45) is 2.98. The Morgan fingerprint density at radius 2 is 2.24 bits per heavy atom. The molecule has 1 N–H and O–H groups in total. The zero-order valence-electron chi connectivity index (χ0n) is 14.5. The van der Waals surface area contributed by atoms with Crippen LogP contribution in [0.1, 0.15) is 29.2 Å². The number of aromatic nitrogens is 3. The summed E-state index contributed by atoms with van der Waals surface area (Å²) in [5.41, 5.74) is 2.87. The second kappa shape index (κ2) is 6.85. The van der Waals surface area contributed by atoms with E-state index in [4.69, 9.17) is 13.7 Å². The van der Waals surface area contributed by atoms with Crippen LogP contribution in [0.25, 0.3) is 11.5 Å². The van der Waals surface area contributed by atoms with E-state index in [0.717, 1.165) is 60.3 Å². The number of ether oxygens (including phenoxy) is 1. The van der Waals surface area contributed by atoms with Gasteiger partial charge in [-0.2, -0.15) is 5.10 Å². The number of hydrogen-bond acceptors (Lipinski definition) is 6. The van der Waals surface area contributed by atoms with Gasteiger partial charge in [0.15, 0.2) is 5.76 Å². The van der Waals surface area contributed by atoms with Gasteiger partial charge in [0.25, 0.3) is 0 Å². The number of aryl methyl sites for hydroxylation is 2. The Bertz CT molecular complexity index is 802. The van der Waals surface area contributed by atoms with Gasteiger partial charge in [-0.15, -0.1) is 0 Å². The molecule has 1 fully saturated rings. The van der Waals surface area contributed by atoms with E-state index >= 15 is 0 Å². The monoisotopic (exact) mass is 342 g/mol. The minimum Gasteiger partial charge on any atom is -0.458 e. The molecule has 0 saturated carbocycles. The van der Waals surface area contributed by atoms with Crippen molar-refractivity contribution in [3.05, 3.63) is 47.2 Å². The molecule has 3 aromatic rings. The zero-order valence-corrected chi connectivity index (χ0v) is 14.5. The standard InChI is InChI=1S/C18H22N4O3/c1-12-16(13(2)25-21-12)11-23-14-6-8-22(9-14)10-15-3-4-18(24-15)17-5-7-19-20-17/h3-5,7,14H,6,8-11H2,1-2H3,(H,19,20). The minimum atomic E-state index is 0.232. The first-order chi connectivity index (χ1) is 12.2. The molecule has 7 nitrogen and oxygen atoms in total. The summed E-state index contributed by atoms with van der Waals surface area (Å²) in [7, 11) is 0. The van der Waals surface area contributed by atoms with E-state index in [0.29, 0.717) is 6.61 Å². The molecule has 1 atom stereocenters. The van der Waals surface area contributed by atoms with Crippen molar-refractivity contribution in [3.63, 3.8) is 0 Å². The quantitative estimate of drug-likeness (QED) is 0.741. The fourth-order valence-corrected chi connectivity index (χ4v) is 3.21. The summed E-state index contributed by atoms with van der Waals surface area (Å²) >= 11 is 0. The maximum atomic E-state index is 6.06. The average molecular weight is 342 g/mol. The second-order valence-electron chi connectivity index (χ2n) is 6.50. The molecule has 0 aliphatic carbocycles. The van der Waals surface area contributed by atoms with Crippen LogP contribution < -0.4 is 0 Å². The van der Waals surface area contributed by atoms with E-state index in [-0.39, 0.29) is 6.10 Å². The van der Waals surface area contributed by atoms with E-state index in [1.165, 1.54) is 0 Å². The molecule has 132 valence electrons. The van der Waals surface area contributed by atoms with Crippen molar-refractivity contribution in [2.45, 2.75) is 39.5 Å². The molecule has 4 rings (SSSR count). The highest BCUT2D eigenvalue weighted by atomic mass is 16.5. The van der Waals surface area contributed by atoms with Crippen molar-refractivity contribution < 1.29 is 13.7 Å². The number of aromatic amines is 1. The van der Waals surface area contributed by atoms with Crippen LogP contribution in [0, 0.1) is 13.8 Å². The van der Waals surface area contributed by atoms with Crippen molar-refractivity contribution in [3.8, 4) is 11.5 Å². The van der Waals surface area contributed by atoms with Gasteiger partial charge in [-0.1, -0.05) is 5.16 Å². The minimum absolute atomic E-state index is 0.232. The fraction of sp³-hybridized carbons (Fsp3) is 0.444. The highest BCUT2D eigenvalue weighted by Gasteiger charge is 2.24. The number of nitrogens with one attached hydrogen (secondary N) is 1. The topological polar surface area (TPSA) is 80.3 Å². The summed E-state index contributed by atoms with van der Waals surface area (Å²) in [4.78, 5) is 2.35. The molecule has 0 radical (unpaired) electrons. The van der Waals surface area contributed by atoms with Crippen LogP contribution in [0.15, 0.2) is 33.3 Å². The largest absolute Gasteiger partial charge is 0.458 e. The van der Waals surface area contributed by atoms with E-state index in [1.807, 2.05) is 32.0 Å². The normalized spacial score (nSPS) is 18.2. The van der Waals surface area contributed by atoms with E-state index in [2.05, 4.69) is 20.3 Å². The molecule has 25 heavy (non-hydrogen) atoms. The summed E-state index contributed by atoms with van der Waals surface area (Å²) < 4.78 is 17.1. The van der Waals surface area contributed by atoms with Crippen LogP contribution in [0.4, 0.5) is 0 Å². The Morgan fingerprint density at radius 3 is 3.00 bits per heavy atom. The Hall–Kier alpha value is -2.38. The Morgan fingerprint density at radius 1 is 1.32 bits per heavy atom. The number of H-pyrrole nitrogens is 1. The van der Waals surface area contributed by atoms with Gasteiger partial charge in [0.2, 0.25) is 0 Å². The molecule has 1 unspecified atom stereocenters. The summed E-state index contributed by atoms with van der Waals surface area (Å²) in [5.74, 6) is 2.61. The third-order valence-electron chi connectivity index (χ3n) is 4.68. The molecule has 1 aliphatic heterocycles. The maximum absolute atomic E-state index is 6.06. The molecule has 3 aromatic heterocycles. The summed E-state index contributed by atoms with van der Waals surface area (Å²) in [6, 6.07) is 5.90. The van der Waals surface area contributed by atoms with Crippen molar-refractivity contribution >= 4 is 0 Å². The van der Waals surface area contributed by atoms with Gasteiger partial charge >= 0.3 is 0 Å². The van der Waals surface area contributed by atoms with Crippen molar-refractivity contribution in [2.75, 3.05) is 13.1 Å². The smallest absolute Gasteiger partial charge is 0.152 e. The molecule has 0 spiro atoms. The maximum Gasteiger partial charge on any atom is 0.152 e. The third kappa shape index (κ3) is 3.52. The molecule has 0 aromatic carbocycles. The molecule has 1 saturated heterocycles. The molecule has 0 amide bonds. The molecule has 7 heteroatoms. The predicted molar refractivity (Wildman–Crippen MR) is 90.7 cm³/mol. The SMILES string of the molecule is Cc1noc(C)c1COC1CCN(Cc2ccc(-c3ccn[nH]3)o2)C1. The van der Waals surface area contributed by atoms with Gasteiger partial charge in [0.1, 0.15) is 17.2 Å². The highest BCUT2D eigenvalue weighted by molar-refractivity contribution is 5.51. The molecular formula is C18H22N4O3. The summed E-state index contributed by atoms with van der Waals surface area (Å²) in [6.45, 7) is 7.14. The first-order valence-corrected chi connectivity index (χ1v) is 8.53. The van der Waals surface area contributed by atoms with Crippen molar-refractivity contribution in [2.24, 2.45) is 0 Å². The average Bonchev–Trinajstić information content (AvgIpc) is 3.36. The molecular weight excluding hydrogens is 320 g/mol. The van der Waals surface area contributed by atoms with E-state index in [1.54, 1.807) is 6.20 Å². The number of furan rings is 1. The van der Waals surface area contributed by atoms with Gasteiger partial charge < -0.3 is 13.7 Å². The fourth-order valence-electron chi connectivity index (χ4n) is 3.21. The molecule has 4 heterocycles. The Labute approximate surface area is 145 Å². The van der Waals surface area contributed by atoms with Crippen LogP contribution in [0.2, 0.25) is 0 Å². The Balaban J connectivity index is 1.29. The zero-order chi connectivity index (χ0) is 17.2. The van der Waals surface area contributed by atoms with E-state index in [9.17, 15) is 0 Å². The van der Waals surface area contributed by atoms with Gasteiger partial charge in [-0.25, -0.2) is 0 Å². The van der Waals surface area contributed by atoms with Crippen LogP contribution in [-0.2, 0) is 17.9 Å². The first kappa shape index (κ1) is 16.1. The van der Waals surface area contributed by atoms with Crippen molar-refractivity contribution in [1.82, 2.24) is 20.3 Å². The lowest BCUT2D eigenvalue weighted by molar-refractivity contribution is 0.0449. The van der Waals surface area contributed by atoms with Gasteiger partial charge in [0.05, 0.1) is 24.9 Å². The number of likely N-dealkylation sites (tertiary alicyclic amines) is 1. The highest BCUT2D eigenvalue weighted by Crippen LogP contribution is 2.23. The van der Waals surface area contributed by atoms with Crippen molar-refractivity contribution in [1.29, 1.82) is 0 Å². The lowest BCUT2D eigenvalue weighted by atomic mass is 10.2. The van der Waals surface area contributed by atoms with E-state index < -0.39 is 0 Å². The lowest BCUT2D eigenvalue weighted by Crippen LogP contribution is -2.22. The van der Waals surface area contributed by atoms with Gasteiger partial charge in [-0.05, 0) is 38.5 Å². The predicted octanol–water partition coefficient (Wildman–Crippen LogP) is 3.07. The molecule has 1 aliphatic rings. The second-order valence-corrected chi connectivity index (χ2v) is 6.50. The number of nitrogens with zero attached hydrogens (tertiary/aromatic N) is 3. The summed E-state index contributed by atoms with van der Waals surface area (Å²) in [5, 5.41) is 10.8.